The summed E-state index contributed by atoms with van der Waals surface area (Å²) in [5, 5.41) is 1.92. The van der Waals surface area contributed by atoms with Crippen LogP contribution in [-0.2, 0) is 16.2 Å². The first-order valence-corrected chi connectivity index (χ1v) is 12.7. The third kappa shape index (κ3) is 6.39. The summed E-state index contributed by atoms with van der Waals surface area (Å²) < 4.78 is 20.6. The molecule has 3 aromatic rings. The fourth-order valence-corrected chi connectivity index (χ4v) is 5.52. The Bertz CT molecular complexity index is 1310. The molecule has 0 saturated carbocycles. The van der Waals surface area contributed by atoms with E-state index >= 15 is 0 Å². The molecule has 10 heteroatoms. The highest BCUT2D eigenvalue weighted by atomic mass is 79.9. The number of nitrogens with one attached hydrogen (secondary N) is 1. The first kappa shape index (κ1) is 25.2. The predicted molar refractivity (Wildman–Crippen MR) is 140 cm³/mol. The SMILES string of the molecule is O=C(CN1C(=O)S/C(=C/c2cc(Br)c(OCc3ccccc3)c(Br)c2)C1=O)Nc1cccc(F)c1. The molecule has 1 aliphatic heterocycles. The van der Waals surface area contributed by atoms with E-state index in [1.807, 2.05) is 30.3 Å². The van der Waals surface area contributed by atoms with Gasteiger partial charge in [-0.05, 0) is 91.2 Å². The lowest BCUT2D eigenvalue weighted by Crippen LogP contribution is -2.36. The highest BCUT2D eigenvalue weighted by Crippen LogP contribution is 2.38. The van der Waals surface area contributed by atoms with E-state index in [9.17, 15) is 18.8 Å². The molecule has 1 fully saturated rings. The van der Waals surface area contributed by atoms with E-state index in [1.54, 1.807) is 18.2 Å². The summed E-state index contributed by atoms with van der Waals surface area (Å²) >= 11 is 7.74. The number of carbonyl (C=O) groups excluding carboxylic acids is 3. The predicted octanol–water partition coefficient (Wildman–Crippen LogP) is 6.60. The molecule has 3 aromatic carbocycles. The molecule has 1 saturated heterocycles. The molecule has 0 unspecified atom stereocenters. The van der Waals surface area contributed by atoms with Gasteiger partial charge in [0.15, 0.2) is 0 Å². The van der Waals surface area contributed by atoms with Crippen LogP contribution in [0.15, 0.2) is 80.6 Å². The van der Waals surface area contributed by atoms with Crippen molar-refractivity contribution < 1.29 is 23.5 Å². The summed E-state index contributed by atoms with van der Waals surface area (Å²) in [6.45, 7) is -0.0911. The van der Waals surface area contributed by atoms with Gasteiger partial charge in [0, 0.05) is 5.69 Å². The summed E-state index contributed by atoms with van der Waals surface area (Å²) in [7, 11) is 0. The molecule has 6 nitrogen and oxygen atoms in total. The molecule has 0 bridgehead atoms. The number of benzene rings is 3. The van der Waals surface area contributed by atoms with E-state index in [2.05, 4.69) is 37.2 Å². The molecule has 1 N–H and O–H groups in total. The zero-order valence-electron chi connectivity index (χ0n) is 18.0. The Kier molecular flexibility index (Phi) is 8.04. The van der Waals surface area contributed by atoms with Crippen LogP contribution in [0, 0.1) is 5.82 Å². The van der Waals surface area contributed by atoms with E-state index in [0.29, 0.717) is 26.9 Å². The lowest BCUT2D eigenvalue weighted by Gasteiger charge is -2.13. The topological polar surface area (TPSA) is 75.7 Å². The van der Waals surface area contributed by atoms with Crippen molar-refractivity contribution in [3.05, 3.63) is 97.5 Å². The molecular weight excluding hydrogens is 603 g/mol. The Hall–Kier alpha value is -2.95. The summed E-state index contributed by atoms with van der Waals surface area (Å²) in [6, 6.07) is 18.6. The fourth-order valence-electron chi connectivity index (χ4n) is 3.23. The number of nitrogens with zero attached hydrogens (tertiary/aromatic N) is 1. The number of halogens is 3. The van der Waals surface area contributed by atoms with Crippen LogP contribution in [-0.4, -0.2) is 28.5 Å². The van der Waals surface area contributed by atoms with Crippen molar-refractivity contribution in [2.75, 3.05) is 11.9 Å². The smallest absolute Gasteiger partial charge is 0.294 e. The lowest BCUT2D eigenvalue weighted by atomic mass is 10.2. The second-order valence-corrected chi connectivity index (χ2v) is 10.1. The standard InChI is InChI=1S/C25H17Br2FN2O4S/c26-19-9-16(10-20(27)23(19)34-14-15-5-2-1-3-6-15)11-21-24(32)30(25(33)35-21)13-22(31)29-18-8-4-7-17(28)12-18/h1-12H,13-14H2,(H,29,31)/b21-11+. The summed E-state index contributed by atoms with van der Waals surface area (Å²) in [6.07, 6.45) is 1.58. The van der Waals surface area contributed by atoms with Crippen LogP contribution in [0.25, 0.3) is 6.08 Å². The van der Waals surface area contributed by atoms with Crippen molar-refractivity contribution in [1.29, 1.82) is 0 Å². The Morgan fingerprint density at radius 3 is 2.43 bits per heavy atom. The largest absolute Gasteiger partial charge is 0.487 e. The zero-order valence-corrected chi connectivity index (χ0v) is 22.0. The lowest BCUT2D eigenvalue weighted by molar-refractivity contribution is -0.127. The molecule has 35 heavy (non-hydrogen) atoms. The third-order valence-electron chi connectivity index (χ3n) is 4.83. The van der Waals surface area contributed by atoms with Crippen LogP contribution in [0.5, 0.6) is 5.75 Å². The fraction of sp³-hybridized carbons (Fsp3) is 0.0800. The highest BCUT2D eigenvalue weighted by Gasteiger charge is 2.36. The van der Waals surface area contributed by atoms with Crippen LogP contribution in [0.3, 0.4) is 0 Å². The van der Waals surface area contributed by atoms with Crippen LogP contribution in [0.4, 0.5) is 14.9 Å². The van der Waals surface area contributed by atoms with Gasteiger partial charge in [0.25, 0.3) is 11.1 Å². The van der Waals surface area contributed by atoms with Crippen molar-refractivity contribution in [1.82, 2.24) is 4.90 Å². The average Bonchev–Trinajstić information content (AvgIpc) is 3.06. The quantitative estimate of drug-likeness (QED) is 0.301. The van der Waals surface area contributed by atoms with Gasteiger partial charge in [-0.3, -0.25) is 19.3 Å². The summed E-state index contributed by atoms with van der Waals surface area (Å²) in [4.78, 5) is 38.5. The van der Waals surface area contributed by atoms with Crippen LogP contribution in [0.1, 0.15) is 11.1 Å². The van der Waals surface area contributed by atoms with Crippen molar-refractivity contribution in [2.45, 2.75) is 6.61 Å². The average molecular weight is 620 g/mol. The zero-order chi connectivity index (χ0) is 24.9. The Balaban J connectivity index is 1.44. The number of ether oxygens (including phenoxy) is 1. The number of hydrogen-bond donors (Lipinski definition) is 1. The maximum Gasteiger partial charge on any atom is 0.294 e. The first-order valence-electron chi connectivity index (χ1n) is 10.3. The molecule has 1 heterocycles. The van der Waals surface area contributed by atoms with Gasteiger partial charge in [-0.25, -0.2) is 4.39 Å². The van der Waals surface area contributed by atoms with E-state index in [4.69, 9.17) is 4.74 Å². The van der Waals surface area contributed by atoms with Gasteiger partial charge in [-0.15, -0.1) is 0 Å². The molecule has 0 aliphatic carbocycles. The molecule has 3 amide bonds. The molecule has 178 valence electrons. The Morgan fingerprint density at radius 2 is 1.74 bits per heavy atom. The van der Waals surface area contributed by atoms with Gasteiger partial charge >= 0.3 is 0 Å². The molecule has 1 aliphatic rings. The van der Waals surface area contributed by atoms with Crippen LogP contribution < -0.4 is 10.1 Å². The van der Waals surface area contributed by atoms with Gasteiger partial charge in [0.05, 0.1) is 13.9 Å². The van der Waals surface area contributed by atoms with Gasteiger partial charge in [0.2, 0.25) is 5.91 Å². The van der Waals surface area contributed by atoms with Gasteiger partial charge < -0.3 is 10.1 Å². The van der Waals surface area contributed by atoms with Gasteiger partial charge in [-0.1, -0.05) is 36.4 Å². The number of imide groups is 1. The first-order chi connectivity index (χ1) is 16.8. The Morgan fingerprint density at radius 1 is 1.03 bits per heavy atom. The van der Waals surface area contributed by atoms with E-state index in [1.165, 1.54) is 18.2 Å². The van der Waals surface area contributed by atoms with Crippen molar-refractivity contribution >= 4 is 72.4 Å². The molecular formula is C25H17Br2FN2O4S. The van der Waals surface area contributed by atoms with E-state index in [0.717, 1.165) is 28.3 Å². The van der Waals surface area contributed by atoms with Crippen LogP contribution >= 0.6 is 43.6 Å². The third-order valence-corrected chi connectivity index (χ3v) is 6.91. The second kappa shape index (κ2) is 11.2. The Labute approximate surface area is 221 Å². The number of amides is 3. The maximum atomic E-state index is 13.3. The number of rotatable bonds is 7. The molecule has 0 radical (unpaired) electrons. The number of thioether (sulfide) groups is 1. The number of carbonyl (C=O) groups is 3. The highest BCUT2D eigenvalue weighted by molar-refractivity contribution is 9.11. The normalized spacial score (nSPS) is 14.5. The number of hydrogen-bond acceptors (Lipinski definition) is 5. The van der Waals surface area contributed by atoms with Gasteiger partial charge in [0.1, 0.15) is 24.7 Å². The molecule has 0 spiro atoms. The molecule has 0 aromatic heterocycles. The molecule has 4 rings (SSSR count). The summed E-state index contributed by atoms with van der Waals surface area (Å²) in [5.41, 5.74) is 1.91. The van der Waals surface area contributed by atoms with Crippen molar-refractivity contribution in [3.63, 3.8) is 0 Å². The van der Waals surface area contributed by atoms with Gasteiger partial charge in [-0.2, -0.15) is 0 Å². The van der Waals surface area contributed by atoms with Crippen molar-refractivity contribution in [3.8, 4) is 5.75 Å². The second-order valence-electron chi connectivity index (χ2n) is 7.41. The summed E-state index contributed by atoms with van der Waals surface area (Å²) in [5.74, 6) is -1.09. The number of anilines is 1. The van der Waals surface area contributed by atoms with Crippen LogP contribution in [0.2, 0.25) is 0 Å². The molecule has 0 atom stereocenters. The maximum absolute atomic E-state index is 13.3. The van der Waals surface area contributed by atoms with E-state index in [-0.39, 0.29) is 10.6 Å². The monoisotopic (exact) mass is 618 g/mol. The van der Waals surface area contributed by atoms with Crippen molar-refractivity contribution in [2.24, 2.45) is 0 Å². The van der Waals surface area contributed by atoms with E-state index < -0.39 is 29.4 Å². The minimum Gasteiger partial charge on any atom is -0.487 e. The minimum atomic E-state index is -0.607. The minimum absolute atomic E-state index is 0.185.